The molecule has 0 fully saturated rings. The van der Waals surface area contributed by atoms with E-state index in [2.05, 4.69) is 4.98 Å². The van der Waals surface area contributed by atoms with Gasteiger partial charge >= 0.3 is 6.18 Å². The van der Waals surface area contributed by atoms with Gasteiger partial charge in [-0.1, -0.05) is 29.8 Å². The predicted octanol–water partition coefficient (Wildman–Crippen LogP) is 3.71. The summed E-state index contributed by atoms with van der Waals surface area (Å²) < 4.78 is 40.5. The Hall–Kier alpha value is -2.63. The van der Waals surface area contributed by atoms with E-state index in [1.165, 1.54) is 24.3 Å². The van der Waals surface area contributed by atoms with Gasteiger partial charge in [-0.25, -0.2) is 4.98 Å². The molecule has 3 aromatic rings. The molecule has 1 heterocycles. The third-order valence-electron chi connectivity index (χ3n) is 3.32. The van der Waals surface area contributed by atoms with Crippen molar-refractivity contribution in [2.24, 2.45) is 0 Å². The first kappa shape index (κ1) is 14.3. The lowest BCUT2D eigenvalue weighted by molar-refractivity contribution is -0.146. The number of aromatic nitrogens is 2. The van der Waals surface area contributed by atoms with E-state index in [0.29, 0.717) is 4.57 Å². The molecule has 0 radical (unpaired) electrons. The number of hydrogen-bond donors (Lipinski definition) is 0. The fraction of sp³-hybridized carbons (Fsp3) is 0.125. The lowest BCUT2D eigenvalue weighted by atomic mass is 10.2. The topological polar surface area (TPSA) is 34.9 Å². The molecule has 22 heavy (non-hydrogen) atoms. The molecule has 0 saturated heterocycles. The normalized spacial score (nSPS) is 11.8. The molecule has 0 aliphatic rings. The minimum atomic E-state index is -4.73. The number of benzene rings is 2. The molecule has 0 atom stereocenters. The zero-order valence-corrected chi connectivity index (χ0v) is 11.6. The van der Waals surface area contributed by atoms with Gasteiger partial charge in [-0.2, -0.15) is 13.2 Å². The van der Waals surface area contributed by atoms with Crippen LogP contribution in [0.1, 0.15) is 11.4 Å². The molecule has 112 valence electrons. The van der Waals surface area contributed by atoms with E-state index >= 15 is 0 Å². The van der Waals surface area contributed by atoms with Crippen molar-refractivity contribution in [3.05, 3.63) is 70.3 Å². The van der Waals surface area contributed by atoms with E-state index in [9.17, 15) is 18.0 Å². The standard InChI is InChI=1S/C16H11F3N2O/c1-10-6-8-11(9-7-10)21-14(22)12-4-2-3-5-13(12)20-15(21)16(17,18)19/h2-9H,1H3. The number of rotatable bonds is 1. The average Bonchev–Trinajstić information content (AvgIpc) is 2.47. The first-order valence-corrected chi connectivity index (χ1v) is 6.54. The first-order chi connectivity index (χ1) is 10.4. The van der Waals surface area contributed by atoms with Gasteiger partial charge in [0.1, 0.15) is 0 Å². The lowest BCUT2D eigenvalue weighted by Crippen LogP contribution is -2.28. The van der Waals surface area contributed by atoms with Crippen LogP contribution in [0, 0.1) is 6.92 Å². The van der Waals surface area contributed by atoms with Crippen LogP contribution in [0.25, 0.3) is 16.6 Å². The van der Waals surface area contributed by atoms with Crippen molar-refractivity contribution >= 4 is 10.9 Å². The van der Waals surface area contributed by atoms with E-state index in [4.69, 9.17) is 0 Å². The molecule has 0 aliphatic heterocycles. The lowest BCUT2D eigenvalue weighted by Gasteiger charge is -2.15. The summed E-state index contributed by atoms with van der Waals surface area (Å²) in [6.07, 6.45) is -4.73. The van der Waals surface area contributed by atoms with Crippen LogP contribution in [-0.2, 0) is 6.18 Å². The fourth-order valence-electron chi connectivity index (χ4n) is 2.26. The van der Waals surface area contributed by atoms with Gasteiger partial charge in [0.25, 0.3) is 5.56 Å². The number of fused-ring (bicyclic) bond motifs is 1. The van der Waals surface area contributed by atoms with Crippen LogP contribution in [0.3, 0.4) is 0 Å². The number of halogens is 3. The highest BCUT2D eigenvalue weighted by atomic mass is 19.4. The molecule has 0 saturated carbocycles. The highest BCUT2D eigenvalue weighted by molar-refractivity contribution is 5.77. The molecular formula is C16H11F3N2O. The maximum atomic E-state index is 13.3. The molecule has 1 aromatic heterocycles. The van der Waals surface area contributed by atoms with E-state index < -0.39 is 17.6 Å². The third kappa shape index (κ3) is 2.36. The van der Waals surface area contributed by atoms with Gasteiger partial charge < -0.3 is 0 Å². The fourth-order valence-corrected chi connectivity index (χ4v) is 2.26. The SMILES string of the molecule is Cc1ccc(-n2c(C(F)(F)F)nc3ccccc3c2=O)cc1. The molecule has 0 unspecified atom stereocenters. The van der Waals surface area contributed by atoms with Gasteiger partial charge in [0.15, 0.2) is 0 Å². The van der Waals surface area contributed by atoms with Crippen molar-refractivity contribution in [2.45, 2.75) is 13.1 Å². The van der Waals surface area contributed by atoms with Gasteiger partial charge in [0.05, 0.1) is 16.6 Å². The molecule has 0 N–H and O–H groups in total. The highest BCUT2D eigenvalue weighted by Crippen LogP contribution is 2.29. The molecule has 0 spiro atoms. The number of hydrogen-bond acceptors (Lipinski definition) is 2. The Balaban J connectivity index is 2.43. The van der Waals surface area contributed by atoms with Crippen molar-refractivity contribution in [1.82, 2.24) is 9.55 Å². The largest absolute Gasteiger partial charge is 0.450 e. The number of alkyl halides is 3. The van der Waals surface area contributed by atoms with Crippen molar-refractivity contribution < 1.29 is 13.2 Å². The smallest absolute Gasteiger partial charge is 0.268 e. The van der Waals surface area contributed by atoms with Crippen molar-refractivity contribution in [3.8, 4) is 5.69 Å². The monoisotopic (exact) mass is 304 g/mol. The van der Waals surface area contributed by atoms with Gasteiger partial charge in [-0.05, 0) is 31.2 Å². The second-order valence-corrected chi connectivity index (χ2v) is 4.93. The van der Waals surface area contributed by atoms with Gasteiger partial charge in [0.2, 0.25) is 5.82 Å². The van der Waals surface area contributed by atoms with Crippen molar-refractivity contribution in [2.75, 3.05) is 0 Å². The van der Waals surface area contributed by atoms with Crippen LogP contribution in [0.5, 0.6) is 0 Å². The Bertz CT molecular complexity index is 896. The van der Waals surface area contributed by atoms with Crippen LogP contribution in [-0.4, -0.2) is 9.55 Å². The summed E-state index contributed by atoms with van der Waals surface area (Å²) >= 11 is 0. The van der Waals surface area contributed by atoms with Gasteiger partial charge in [-0.3, -0.25) is 9.36 Å². The Morgan fingerprint density at radius 1 is 1.00 bits per heavy atom. The number of para-hydroxylation sites is 1. The molecular weight excluding hydrogens is 293 g/mol. The summed E-state index contributed by atoms with van der Waals surface area (Å²) in [6.45, 7) is 1.82. The molecule has 0 aliphatic carbocycles. The Labute approximate surface area is 123 Å². The Morgan fingerprint density at radius 3 is 2.27 bits per heavy atom. The summed E-state index contributed by atoms with van der Waals surface area (Å²) in [7, 11) is 0. The van der Waals surface area contributed by atoms with Crippen LogP contribution >= 0.6 is 0 Å². The summed E-state index contributed by atoms with van der Waals surface area (Å²) in [5, 5.41) is 0.149. The quantitative estimate of drug-likeness (QED) is 0.687. The summed E-state index contributed by atoms with van der Waals surface area (Å²) in [5.41, 5.74) is 0.324. The molecule has 0 bridgehead atoms. The molecule has 6 heteroatoms. The minimum Gasteiger partial charge on any atom is -0.268 e. The zero-order chi connectivity index (χ0) is 15.9. The number of nitrogens with zero attached hydrogens (tertiary/aromatic N) is 2. The van der Waals surface area contributed by atoms with Crippen molar-refractivity contribution in [3.63, 3.8) is 0 Å². The maximum Gasteiger partial charge on any atom is 0.450 e. The zero-order valence-electron chi connectivity index (χ0n) is 11.6. The highest BCUT2D eigenvalue weighted by Gasteiger charge is 2.37. The van der Waals surface area contributed by atoms with Crippen LogP contribution in [0.4, 0.5) is 13.2 Å². The summed E-state index contributed by atoms with van der Waals surface area (Å²) in [4.78, 5) is 16.1. The van der Waals surface area contributed by atoms with Crippen LogP contribution in [0.15, 0.2) is 53.3 Å². The third-order valence-corrected chi connectivity index (χ3v) is 3.32. The Kier molecular flexibility index (Phi) is 3.24. The molecule has 3 nitrogen and oxygen atoms in total. The second-order valence-electron chi connectivity index (χ2n) is 4.93. The number of aryl methyl sites for hydroxylation is 1. The summed E-state index contributed by atoms with van der Waals surface area (Å²) in [6, 6.07) is 12.3. The Morgan fingerprint density at radius 2 is 1.64 bits per heavy atom. The summed E-state index contributed by atoms with van der Waals surface area (Å²) in [5.74, 6) is -1.22. The van der Waals surface area contributed by atoms with Gasteiger partial charge in [0, 0.05) is 0 Å². The van der Waals surface area contributed by atoms with E-state index in [0.717, 1.165) is 5.56 Å². The van der Waals surface area contributed by atoms with E-state index in [1.807, 2.05) is 6.92 Å². The van der Waals surface area contributed by atoms with E-state index in [1.54, 1.807) is 24.3 Å². The molecule has 2 aromatic carbocycles. The minimum absolute atomic E-state index is 0.0307. The second kappa shape index (κ2) is 4.98. The van der Waals surface area contributed by atoms with Crippen LogP contribution < -0.4 is 5.56 Å². The molecule has 0 amide bonds. The van der Waals surface area contributed by atoms with Crippen LogP contribution in [0.2, 0.25) is 0 Å². The molecule has 3 rings (SSSR count). The predicted molar refractivity (Wildman–Crippen MR) is 77.1 cm³/mol. The first-order valence-electron chi connectivity index (χ1n) is 6.54. The van der Waals surface area contributed by atoms with E-state index in [-0.39, 0.29) is 16.6 Å². The van der Waals surface area contributed by atoms with Crippen molar-refractivity contribution in [1.29, 1.82) is 0 Å². The maximum absolute atomic E-state index is 13.3. The van der Waals surface area contributed by atoms with Gasteiger partial charge in [-0.15, -0.1) is 0 Å². The average molecular weight is 304 g/mol.